The summed E-state index contributed by atoms with van der Waals surface area (Å²) in [5, 5.41) is 5.80. The molecule has 6 nitrogen and oxygen atoms in total. The molecule has 0 radical (unpaired) electrons. The summed E-state index contributed by atoms with van der Waals surface area (Å²) >= 11 is 0. The van der Waals surface area contributed by atoms with Crippen LogP contribution in [0.5, 0.6) is 0 Å². The van der Waals surface area contributed by atoms with Crippen molar-refractivity contribution in [2.24, 2.45) is 0 Å². The Morgan fingerprint density at radius 2 is 2.27 bits per heavy atom. The third kappa shape index (κ3) is 4.59. The smallest absolute Gasteiger partial charge is 0.236 e. The van der Waals surface area contributed by atoms with E-state index >= 15 is 0 Å². The molecule has 1 aliphatic heterocycles. The fourth-order valence-corrected chi connectivity index (χ4v) is 2.06. The largest absolute Gasteiger partial charge is 0.354 e. The van der Waals surface area contributed by atoms with Crippen LogP contribution >= 0.6 is 0 Å². The van der Waals surface area contributed by atoms with Crippen molar-refractivity contribution in [3.63, 3.8) is 0 Å². The van der Waals surface area contributed by atoms with Crippen LogP contribution in [-0.2, 0) is 14.8 Å². The van der Waals surface area contributed by atoms with Crippen LogP contribution in [-0.4, -0.2) is 46.3 Å². The Kier molecular flexibility index (Phi) is 4.49. The maximum Gasteiger partial charge on any atom is 0.236 e. The van der Waals surface area contributed by atoms with Gasteiger partial charge in [-0.25, -0.2) is 13.1 Å². The van der Waals surface area contributed by atoms with Gasteiger partial charge in [-0.1, -0.05) is 0 Å². The van der Waals surface area contributed by atoms with Gasteiger partial charge in [0, 0.05) is 12.6 Å². The van der Waals surface area contributed by atoms with E-state index in [4.69, 9.17) is 0 Å². The molecule has 0 aromatic rings. The van der Waals surface area contributed by atoms with Crippen molar-refractivity contribution in [3.8, 4) is 0 Å². The Morgan fingerprint density at radius 1 is 1.53 bits per heavy atom. The van der Waals surface area contributed by atoms with Crippen LogP contribution < -0.4 is 15.4 Å². The molecule has 0 bridgehead atoms. The Balaban J connectivity index is 2.24. The van der Waals surface area contributed by atoms with E-state index in [0.717, 1.165) is 19.4 Å². The topological polar surface area (TPSA) is 87.3 Å². The highest BCUT2D eigenvalue weighted by Gasteiger charge is 2.17. The lowest BCUT2D eigenvalue weighted by molar-refractivity contribution is -0.118. The maximum atomic E-state index is 11.2. The molecule has 15 heavy (non-hydrogen) atoms. The zero-order valence-corrected chi connectivity index (χ0v) is 9.56. The second kappa shape index (κ2) is 5.43. The molecule has 1 heterocycles. The van der Waals surface area contributed by atoms with Crippen molar-refractivity contribution in [1.82, 2.24) is 15.4 Å². The normalized spacial score (nSPS) is 21.5. The monoisotopic (exact) mass is 235 g/mol. The number of nitrogens with one attached hydrogen (secondary N) is 3. The molecular weight excluding hydrogens is 218 g/mol. The van der Waals surface area contributed by atoms with Gasteiger partial charge in [-0.15, -0.1) is 0 Å². The van der Waals surface area contributed by atoms with E-state index in [1.165, 1.54) is 7.05 Å². The second-order valence-electron chi connectivity index (χ2n) is 3.56. The average Bonchev–Trinajstić information content (AvgIpc) is 2.66. The third-order valence-electron chi connectivity index (χ3n) is 2.34. The zero-order chi connectivity index (χ0) is 11.3. The summed E-state index contributed by atoms with van der Waals surface area (Å²) < 4.78 is 24.1. The molecule has 1 fully saturated rings. The lowest BCUT2D eigenvalue weighted by Crippen LogP contribution is -2.41. The first kappa shape index (κ1) is 12.4. The Labute approximate surface area is 89.9 Å². The molecule has 1 unspecified atom stereocenters. The fraction of sp³-hybridized carbons (Fsp3) is 0.875. The lowest BCUT2D eigenvalue weighted by atomic mass is 10.2. The Morgan fingerprint density at radius 3 is 2.80 bits per heavy atom. The molecular formula is C8H17N3O3S. The quantitative estimate of drug-likeness (QED) is 0.536. The van der Waals surface area contributed by atoms with Crippen molar-refractivity contribution in [1.29, 1.82) is 0 Å². The van der Waals surface area contributed by atoms with Crippen LogP contribution in [0.15, 0.2) is 0 Å². The minimum atomic E-state index is -3.45. The summed E-state index contributed by atoms with van der Waals surface area (Å²) in [5.41, 5.74) is 0. The lowest BCUT2D eigenvalue weighted by Gasteiger charge is -2.11. The van der Waals surface area contributed by atoms with E-state index in [0.29, 0.717) is 6.54 Å². The van der Waals surface area contributed by atoms with Crippen LogP contribution in [0, 0.1) is 0 Å². The first-order valence-corrected chi connectivity index (χ1v) is 6.60. The summed E-state index contributed by atoms with van der Waals surface area (Å²) in [6.45, 7) is 1.47. The summed E-state index contributed by atoms with van der Waals surface area (Å²) in [7, 11) is -2.15. The van der Waals surface area contributed by atoms with Gasteiger partial charge < -0.3 is 10.6 Å². The van der Waals surface area contributed by atoms with Gasteiger partial charge in [0.2, 0.25) is 15.9 Å². The number of hydrogen-bond acceptors (Lipinski definition) is 4. The van der Waals surface area contributed by atoms with Gasteiger partial charge in [0.05, 0.1) is 0 Å². The van der Waals surface area contributed by atoms with Crippen molar-refractivity contribution in [2.75, 3.05) is 25.9 Å². The van der Waals surface area contributed by atoms with Crippen LogP contribution in [0.2, 0.25) is 0 Å². The minimum absolute atomic E-state index is 0.284. The molecule has 7 heteroatoms. The third-order valence-corrected chi connectivity index (χ3v) is 3.60. The molecule has 1 atom stereocenters. The van der Waals surface area contributed by atoms with Crippen LogP contribution in [0.25, 0.3) is 0 Å². The van der Waals surface area contributed by atoms with Crippen LogP contribution in [0.1, 0.15) is 12.8 Å². The molecule has 0 spiro atoms. The van der Waals surface area contributed by atoms with Crippen molar-refractivity contribution < 1.29 is 13.2 Å². The first-order chi connectivity index (χ1) is 7.03. The molecule has 1 rings (SSSR count). The highest BCUT2D eigenvalue weighted by Crippen LogP contribution is 2.02. The molecule has 1 amide bonds. The van der Waals surface area contributed by atoms with Crippen molar-refractivity contribution in [3.05, 3.63) is 0 Å². The minimum Gasteiger partial charge on any atom is -0.354 e. The zero-order valence-electron chi connectivity index (χ0n) is 8.75. The van der Waals surface area contributed by atoms with E-state index in [9.17, 15) is 13.2 Å². The molecule has 88 valence electrons. The first-order valence-electron chi connectivity index (χ1n) is 4.95. The molecule has 0 aliphatic carbocycles. The number of sulfonamides is 1. The van der Waals surface area contributed by atoms with E-state index in [1.54, 1.807) is 0 Å². The summed E-state index contributed by atoms with van der Waals surface area (Å²) in [4.78, 5) is 11.2. The van der Waals surface area contributed by atoms with Gasteiger partial charge in [0.1, 0.15) is 5.75 Å². The van der Waals surface area contributed by atoms with Gasteiger partial charge in [-0.2, -0.15) is 0 Å². The summed E-state index contributed by atoms with van der Waals surface area (Å²) in [5.74, 6) is -0.964. The SMILES string of the molecule is CNS(=O)(=O)CC(=O)NCC1CCCN1. The Hall–Kier alpha value is -0.660. The molecule has 0 aromatic carbocycles. The average molecular weight is 235 g/mol. The van der Waals surface area contributed by atoms with Gasteiger partial charge in [0.25, 0.3) is 0 Å². The van der Waals surface area contributed by atoms with Crippen LogP contribution in [0.3, 0.4) is 0 Å². The van der Waals surface area contributed by atoms with Crippen molar-refractivity contribution in [2.45, 2.75) is 18.9 Å². The number of amides is 1. The highest BCUT2D eigenvalue weighted by molar-refractivity contribution is 7.90. The molecule has 3 N–H and O–H groups in total. The second-order valence-corrected chi connectivity index (χ2v) is 5.49. The highest BCUT2D eigenvalue weighted by atomic mass is 32.2. The fourth-order valence-electron chi connectivity index (χ4n) is 1.46. The van der Waals surface area contributed by atoms with E-state index in [1.807, 2.05) is 0 Å². The summed E-state index contributed by atoms with van der Waals surface area (Å²) in [6, 6.07) is 0.284. The van der Waals surface area contributed by atoms with E-state index in [2.05, 4.69) is 15.4 Å². The van der Waals surface area contributed by atoms with E-state index < -0.39 is 21.7 Å². The van der Waals surface area contributed by atoms with Gasteiger partial charge >= 0.3 is 0 Å². The van der Waals surface area contributed by atoms with Crippen LogP contribution in [0.4, 0.5) is 0 Å². The van der Waals surface area contributed by atoms with Gasteiger partial charge in [0.15, 0.2) is 0 Å². The van der Waals surface area contributed by atoms with Crippen molar-refractivity contribution >= 4 is 15.9 Å². The predicted octanol–water partition coefficient (Wildman–Crippen LogP) is -1.60. The van der Waals surface area contributed by atoms with E-state index in [-0.39, 0.29) is 6.04 Å². The van der Waals surface area contributed by atoms with Gasteiger partial charge in [-0.05, 0) is 26.4 Å². The number of rotatable bonds is 5. The maximum absolute atomic E-state index is 11.2. The molecule has 0 aromatic heterocycles. The standard InChI is InChI=1S/C8H17N3O3S/c1-9-15(13,14)6-8(12)11-5-7-3-2-4-10-7/h7,9-10H,2-6H2,1H3,(H,11,12). The summed E-state index contributed by atoms with van der Waals surface area (Å²) in [6.07, 6.45) is 2.13. The number of carbonyl (C=O) groups is 1. The molecule has 0 saturated carbocycles. The number of hydrogen-bond donors (Lipinski definition) is 3. The van der Waals surface area contributed by atoms with Gasteiger partial charge in [-0.3, -0.25) is 4.79 Å². The Bertz CT molecular complexity index is 309. The predicted molar refractivity (Wildman–Crippen MR) is 56.9 cm³/mol. The molecule has 1 saturated heterocycles. The molecule has 1 aliphatic rings. The number of carbonyl (C=O) groups excluding carboxylic acids is 1.